The first-order valence-electron chi connectivity index (χ1n) is 4.05. The molecule has 0 saturated carbocycles. The summed E-state index contributed by atoms with van der Waals surface area (Å²) in [4.78, 5) is 18.0. The predicted molar refractivity (Wildman–Crippen MR) is 55.1 cm³/mol. The first-order valence-corrected chi connectivity index (χ1v) is 4.84. The minimum absolute atomic E-state index is 0.121. The maximum absolute atomic E-state index is 13.4. The number of carbonyl (C=O) groups excluding carboxylic acids is 1. The highest BCUT2D eigenvalue weighted by molar-refractivity contribution is 9.10. The zero-order valence-corrected chi connectivity index (χ0v) is 9.26. The van der Waals surface area contributed by atoms with Gasteiger partial charge in [0.25, 0.3) is 0 Å². The number of halogens is 2. The van der Waals surface area contributed by atoms with Gasteiger partial charge in [-0.25, -0.2) is 14.2 Å². The molecule has 2 aromatic rings. The van der Waals surface area contributed by atoms with Gasteiger partial charge in [0.1, 0.15) is 5.82 Å². The highest BCUT2D eigenvalue weighted by Gasteiger charge is 2.14. The molecule has 1 aromatic carbocycles. The molecule has 15 heavy (non-hydrogen) atoms. The minimum atomic E-state index is -0.714. The van der Waals surface area contributed by atoms with Crippen LogP contribution < -0.4 is 0 Å². The van der Waals surface area contributed by atoms with Gasteiger partial charge in [0, 0.05) is 6.07 Å². The van der Waals surface area contributed by atoms with Gasteiger partial charge in [0.15, 0.2) is 4.73 Å². The number of fused-ring (bicyclic) bond motifs is 1. The van der Waals surface area contributed by atoms with Gasteiger partial charge in [-0.05, 0) is 22.0 Å². The predicted octanol–water partition coefficient (Wildman–Crippen LogP) is 2.25. The number of methoxy groups -OCH3 is 1. The lowest BCUT2D eigenvalue weighted by Crippen LogP contribution is -2.04. The first kappa shape index (κ1) is 10.1. The van der Waals surface area contributed by atoms with E-state index in [1.165, 1.54) is 19.2 Å². The topological polar surface area (TPSA) is 55.0 Å². The number of esters is 1. The van der Waals surface area contributed by atoms with Gasteiger partial charge in [-0.1, -0.05) is 0 Å². The van der Waals surface area contributed by atoms with Crippen molar-refractivity contribution >= 4 is 32.9 Å². The molecule has 0 spiro atoms. The van der Waals surface area contributed by atoms with Crippen molar-refractivity contribution in [3.05, 3.63) is 28.2 Å². The molecule has 78 valence electrons. The Morgan fingerprint density at radius 1 is 1.60 bits per heavy atom. The van der Waals surface area contributed by atoms with Crippen LogP contribution in [0.2, 0.25) is 0 Å². The number of imidazole rings is 1. The Kier molecular flexibility index (Phi) is 2.44. The fourth-order valence-electron chi connectivity index (χ4n) is 1.27. The fraction of sp³-hybridized carbons (Fsp3) is 0.111. The van der Waals surface area contributed by atoms with E-state index >= 15 is 0 Å². The Bertz CT molecular complexity index is 538. The van der Waals surface area contributed by atoms with Gasteiger partial charge in [0.05, 0.1) is 23.7 Å². The van der Waals surface area contributed by atoms with Crippen LogP contribution >= 0.6 is 15.9 Å². The molecule has 0 aliphatic carbocycles. The Morgan fingerprint density at radius 3 is 3.00 bits per heavy atom. The van der Waals surface area contributed by atoms with E-state index in [0.717, 1.165) is 0 Å². The quantitative estimate of drug-likeness (QED) is 0.811. The van der Waals surface area contributed by atoms with Crippen molar-refractivity contribution in [3.8, 4) is 0 Å². The molecule has 0 bridgehead atoms. The van der Waals surface area contributed by atoms with Crippen LogP contribution in [0, 0.1) is 5.82 Å². The molecule has 0 saturated heterocycles. The van der Waals surface area contributed by atoms with Crippen LogP contribution in [0.1, 0.15) is 10.4 Å². The summed E-state index contributed by atoms with van der Waals surface area (Å²) in [5.41, 5.74) is 0.903. The van der Waals surface area contributed by atoms with Crippen molar-refractivity contribution in [1.82, 2.24) is 9.97 Å². The second-order valence-electron chi connectivity index (χ2n) is 2.87. The number of hydrogen-bond donors (Lipinski definition) is 1. The number of rotatable bonds is 1. The zero-order valence-electron chi connectivity index (χ0n) is 7.67. The lowest BCUT2D eigenvalue weighted by Gasteiger charge is -2.00. The number of H-pyrrole nitrogens is 1. The molecule has 0 radical (unpaired) electrons. The average molecular weight is 273 g/mol. The maximum Gasteiger partial charge on any atom is 0.340 e. The molecule has 1 aromatic heterocycles. The summed E-state index contributed by atoms with van der Waals surface area (Å²) in [6.45, 7) is 0. The van der Waals surface area contributed by atoms with Crippen LogP contribution in [-0.2, 0) is 4.74 Å². The van der Waals surface area contributed by atoms with Gasteiger partial charge in [-0.3, -0.25) is 0 Å². The molecule has 6 heteroatoms. The molecule has 0 aliphatic heterocycles. The Labute approximate surface area is 92.6 Å². The summed E-state index contributed by atoms with van der Waals surface area (Å²) in [6, 6.07) is 2.55. The molecular weight excluding hydrogens is 267 g/mol. The van der Waals surface area contributed by atoms with E-state index in [1.54, 1.807) is 0 Å². The highest BCUT2D eigenvalue weighted by atomic mass is 79.9. The third-order valence-electron chi connectivity index (χ3n) is 1.95. The summed E-state index contributed by atoms with van der Waals surface area (Å²) in [5, 5.41) is 0. The number of carbonyl (C=O) groups is 1. The number of hydrogen-bond acceptors (Lipinski definition) is 3. The van der Waals surface area contributed by atoms with Gasteiger partial charge in [0.2, 0.25) is 0 Å². The molecule has 4 nitrogen and oxygen atoms in total. The highest BCUT2D eigenvalue weighted by Crippen LogP contribution is 2.19. The van der Waals surface area contributed by atoms with E-state index in [9.17, 15) is 9.18 Å². The van der Waals surface area contributed by atoms with E-state index in [1.807, 2.05) is 0 Å². The Balaban J connectivity index is 2.66. The fourth-order valence-corrected chi connectivity index (χ4v) is 1.67. The van der Waals surface area contributed by atoms with Gasteiger partial charge in [-0.2, -0.15) is 0 Å². The molecule has 0 fully saturated rings. The molecule has 0 atom stereocenters. The monoisotopic (exact) mass is 272 g/mol. The van der Waals surface area contributed by atoms with Crippen molar-refractivity contribution in [2.75, 3.05) is 7.11 Å². The molecule has 0 amide bonds. The molecule has 0 aliphatic rings. The summed E-state index contributed by atoms with van der Waals surface area (Å²) in [5.74, 6) is -1.35. The molecule has 1 N–H and O–H groups in total. The SMILES string of the molecule is COC(=O)c1cc2nc(Br)[nH]c2cc1F. The summed E-state index contributed by atoms with van der Waals surface area (Å²) >= 11 is 3.12. The number of aromatic nitrogens is 2. The lowest BCUT2D eigenvalue weighted by molar-refractivity contribution is 0.0595. The number of nitrogens with zero attached hydrogens (tertiary/aromatic N) is 1. The van der Waals surface area contributed by atoms with E-state index in [0.29, 0.717) is 15.8 Å². The summed E-state index contributed by atoms with van der Waals surface area (Å²) < 4.78 is 18.3. The second-order valence-corrected chi connectivity index (χ2v) is 3.62. The normalized spacial score (nSPS) is 10.6. The van der Waals surface area contributed by atoms with Crippen LogP contribution in [-0.4, -0.2) is 23.0 Å². The average Bonchev–Trinajstić information content (AvgIpc) is 2.55. The summed E-state index contributed by atoms with van der Waals surface area (Å²) in [7, 11) is 1.20. The number of nitrogens with one attached hydrogen (secondary N) is 1. The van der Waals surface area contributed by atoms with Crippen molar-refractivity contribution < 1.29 is 13.9 Å². The van der Waals surface area contributed by atoms with Gasteiger partial charge in [-0.15, -0.1) is 0 Å². The number of aromatic amines is 1. The maximum atomic E-state index is 13.4. The van der Waals surface area contributed by atoms with E-state index in [4.69, 9.17) is 0 Å². The van der Waals surface area contributed by atoms with Crippen molar-refractivity contribution in [2.45, 2.75) is 0 Å². The lowest BCUT2D eigenvalue weighted by atomic mass is 10.2. The first-order chi connectivity index (χ1) is 7.11. The van der Waals surface area contributed by atoms with E-state index in [2.05, 4.69) is 30.6 Å². The number of benzene rings is 1. The van der Waals surface area contributed by atoms with Crippen molar-refractivity contribution in [1.29, 1.82) is 0 Å². The standard InChI is InChI=1S/C9H6BrFN2O2/c1-15-8(14)4-2-6-7(3-5(4)11)13-9(10)12-6/h2-3H,1H3,(H,12,13). The van der Waals surface area contributed by atoms with Crippen LogP contribution in [0.3, 0.4) is 0 Å². The molecule has 1 heterocycles. The van der Waals surface area contributed by atoms with Crippen molar-refractivity contribution in [3.63, 3.8) is 0 Å². The van der Waals surface area contributed by atoms with Crippen molar-refractivity contribution in [2.24, 2.45) is 0 Å². The Hall–Kier alpha value is -1.43. The molecule has 0 unspecified atom stereocenters. The third-order valence-corrected chi connectivity index (χ3v) is 2.32. The summed E-state index contributed by atoms with van der Waals surface area (Å²) in [6.07, 6.45) is 0. The van der Waals surface area contributed by atoms with Crippen LogP contribution in [0.15, 0.2) is 16.9 Å². The smallest absolute Gasteiger partial charge is 0.340 e. The minimum Gasteiger partial charge on any atom is -0.465 e. The van der Waals surface area contributed by atoms with Crippen LogP contribution in [0.25, 0.3) is 11.0 Å². The van der Waals surface area contributed by atoms with E-state index in [-0.39, 0.29) is 5.56 Å². The second kappa shape index (κ2) is 3.62. The number of ether oxygens (including phenoxy) is 1. The van der Waals surface area contributed by atoms with Crippen LogP contribution in [0.5, 0.6) is 0 Å². The largest absolute Gasteiger partial charge is 0.465 e. The van der Waals surface area contributed by atoms with Gasteiger partial charge >= 0.3 is 5.97 Å². The van der Waals surface area contributed by atoms with Crippen LogP contribution in [0.4, 0.5) is 4.39 Å². The van der Waals surface area contributed by atoms with Gasteiger partial charge < -0.3 is 9.72 Å². The third kappa shape index (κ3) is 1.72. The van der Waals surface area contributed by atoms with E-state index < -0.39 is 11.8 Å². The zero-order chi connectivity index (χ0) is 11.0. The molecular formula is C9H6BrFN2O2. The molecule has 2 rings (SSSR count). The Morgan fingerprint density at radius 2 is 2.33 bits per heavy atom.